The highest BCUT2D eigenvalue weighted by molar-refractivity contribution is 6.13. The van der Waals surface area contributed by atoms with Crippen molar-refractivity contribution in [1.29, 1.82) is 0 Å². The summed E-state index contributed by atoms with van der Waals surface area (Å²) in [6.07, 6.45) is 0. The smallest absolute Gasteiger partial charge is 0.164 e. The molecule has 5 nitrogen and oxygen atoms in total. The molecule has 0 aliphatic rings. The van der Waals surface area contributed by atoms with Crippen LogP contribution in [0.1, 0.15) is 0 Å². The number of furan rings is 1. The summed E-state index contributed by atoms with van der Waals surface area (Å²) in [7, 11) is 0. The van der Waals surface area contributed by atoms with Gasteiger partial charge in [0.2, 0.25) is 0 Å². The highest BCUT2D eigenvalue weighted by atomic mass is 16.3. The van der Waals surface area contributed by atoms with Crippen LogP contribution in [-0.4, -0.2) is 15.0 Å². The molecule has 0 atom stereocenters. The number of aromatic nitrogens is 3. The minimum absolute atomic E-state index is 0.567. The average molecular weight is 719 g/mol. The SMILES string of the molecule is c1ccc(-c2cccc(-c3ccc(N(c4ccccc4)c4cc(-c5nc(-c6ccccc6)nc(-c6ccccc6)n5)c5c(c4)oc4ccccc45)cc3)c2)cc1. The Hall–Kier alpha value is -7.63. The largest absolute Gasteiger partial charge is 0.456 e. The van der Waals surface area contributed by atoms with E-state index in [-0.39, 0.29) is 0 Å². The lowest BCUT2D eigenvalue weighted by molar-refractivity contribution is 0.669. The van der Waals surface area contributed by atoms with Gasteiger partial charge < -0.3 is 9.32 Å². The Balaban J connectivity index is 1.16. The molecule has 0 fully saturated rings. The Morgan fingerprint density at radius 3 is 1.43 bits per heavy atom. The van der Waals surface area contributed by atoms with Gasteiger partial charge in [-0.05, 0) is 64.7 Å². The van der Waals surface area contributed by atoms with E-state index in [1.54, 1.807) is 0 Å². The van der Waals surface area contributed by atoms with Gasteiger partial charge in [-0.3, -0.25) is 0 Å². The van der Waals surface area contributed by atoms with E-state index in [4.69, 9.17) is 19.4 Å². The summed E-state index contributed by atoms with van der Waals surface area (Å²) in [6.45, 7) is 0. The maximum Gasteiger partial charge on any atom is 0.164 e. The molecule has 0 radical (unpaired) electrons. The fourth-order valence-corrected chi connectivity index (χ4v) is 7.41. The van der Waals surface area contributed by atoms with Crippen molar-refractivity contribution in [1.82, 2.24) is 15.0 Å². The van der Waals surface area contributed by atoms with Gasteiger partial charge in [0.1, 0.15) is 11.2 Å². The van der Waals surface area contributed by atoms with Crippen molar-refractivity contribution in [2.24, 2.45) is 0 Å². The van der Waals surface area contributed by atoms with Crippen LogP contribution in [0.2, 0.25) is 0 Å². The molecular weight excluding hydrogens is 685 g/mol. The topological polar surface area (TPSA) is 55.1 Å². The number of nitrogens with zero attached hydrogens (tertiary/aromatic N) is 4. The molecule has 10 rings (SSSR count). The van der Waals surface area contributed by atoms with E-state index in [0.717, 1.165) is 66.8 Å². The van der Waals surface area contributed by atoms with Crippen LogP contribution in [0.3, 0.4) is 0 Å². The molecule has 2 aromatic heterocycles. The second-order valence-electron chi connectivity index (χ2n) is 13.7. The van der Waals surface area contributed by atoms with Gasteiger partial charge in [-0.1, -0.05) is 158 Å². The molecule has 10 aromatic rings. The van der Waals surface area contributed by atoms with Gasteiger partial charge in [0.05, 0.1) is 5.69 Å². The third-order valence-corrected chi connectivity index (χ3v) is 10.1. The number of rotatable bonds is 8. The van der Waals surface area contributed by atoms with Gasteiger partial charge in [-0.2, -0.15) is 0 Å². The van der Waals surface area contributed by atoms with Gasteiger partial charge in [0.25, 0.3) is 0 Å². The fraction of sp³-hybridized carbons (Fsp3) is 0. The van der Waals surface area contributed by atoms with E-state index in [1.165, 1.54) is 11.1 Å². The average Bonchev–Trinajstić information content (AvgIpc) is 3.66. The first-order valence-electron chi connectivity index (χ1n) is 18.7. The maximum absolute atomic E-state index is 6.63. The zero-order valence-corrected chi connectivity index (χ0v) is 30.3. The molecule has 56 heavy (non-hydrogen) atoms. The Morgan fingerprint density at radius 2 is 0.804 bits per heavy atom. The summed E-state index contributed by atoms with van der Waals surface area (Å²) in [4.78, 5) is 17.6. The number of para-hydroxylation sites is 2. The van der Waals surface area contributed by atoms with E-state index in [1.807, 2.05) is 91.0 Å². The van der Waals surface area contributed by atoms with Gasteiger partial charge >= 0.3 is 0 Å². The zero-order chi connectivity index (χ0) is 37.3. The Labute approximate surface area is 324 Å². The number of anilines is 3. The second-order valence-corrected chi connectivity index (χ2v) is 13.7. The maximum atomic E-state index is 6.63. The van der Waals surface area contributed by atoms with E-state index in [2.05, 4.69) is 120 Å². The molecule has 0 saturated heterocycles. The van der Waals surface area contributed by atoms with Crippen molar-refractivity contribution in [2.75, 3.05) is 4.90 Å². The zero-order valence-electron chi connectivity index (χ0n) is 30.3. The van der Waals surface area contributed by atoms with Gasteiger partial charge in [-0.15, -0.1) is 0 Å². The second kappa shape index (κ2) is 14.3. The van der Waals surface area contributed by atoms with E-state index >= 15 is 0 Å². The summed E-state index contributed by atoms with van der Waals surface area (Å²) in [6, 6.07) is 71.0. The minimum atomic E-state index is 0.567. The molecule has 0 spiro atoms. The lowest BCUT2D eigenvalue weighted by atomic mass is 9.98. The molecule has 0 bridgehead atoms. The first-order chi connectivity index (χ1) is 27.7. The highest BCUT2D eigenvalue weighted by Gasteiger charge is 2.22. The van der Waals surface area contributed by atoms with Crippen molar-refractivity contribution in [3.05, 3.63) is 206 Å². The van der Waals surface area contributed by atoms with E-state index in [9.17, 15) is 0 Å². The standard InChI is InChI=1S/C51H34N4O/c1-5-16-35(17-6-1)39-22-15-23-40(32-39)36-28-30-42(31-29-36)55(41-24-11-4-12-25-41)43-33-45(48-44-26-13-14-27-46(44)56-47(48)34-43)51-53-49(37-18-7-2-8-19-37)52-50(54-51)38-20-9-3-10-21-38/h1-34H. The molecule has 0 unspecified atom stereocenters. The highest BCUT2D eigenvalue weighted by Crippen LogP contribution is 2.43. The normalized spacial score (nSPS) is 11.2. The first-order valence-corrected chi connectivity index (χ1v) is 18.7. The summed E-state index contributed by atoms with van der Waals surface area (Å²) >= 11 is 0. The molecule has 5 heteroatoms. The number of hydrogen-bond donors (Lipinski definition) is 0. The van der Waals surface area contributed by atoms with Gasteiger partial charge in [0.15, 0.2) is 17.5 Å². The lowest BCUT2D eigenvalue weighted by Crippen LogP contribution is -2.10. The van der Waals surface area contributed by atoms with Crippen molar-refractivity contribution in [2.45, 2.75) is 0 Å². The van der Waals surface area contributed by atoms with Crippen LogP contribution in [0.25, 0.3) is 78.4 Å². The summed E-state index contributed by atoms with van der Waals surface area (Å²) in [5, 5.41) is 1.95. The molecule has 0 amide bonds. The fourth-order valence-electron chi connectivity index (χ4n) is 7.41. The van der Waals surface area contributed by atoms with Gasteiger partial charge in [0, 0.05) is 44.9 Å². The van der Waals surface area contributed by atoms with E-state index < -0.39 is 0 Å². The molecule has 0 aliphatic heterocycles. The van der Waals surface area contributed by atoms with Crippen LogP contribution in [0.15, 0.2) is 211 Å². The van der Waals surface area contributed by atoms with Crippen LogP contribution in [0.4, 0.5) is 17.1 Å². The molecule has 264 valence electrons. The van der Waals surface area contributed by atoms with Crippen LogP contribution >= 0.6 is 0 Å². The summed E-state index contributed by atoms with van der Waals surface area (Å²) < 4.78 is 6.63. The first kappa shape index (κ1) is 33.0. The third kappa shape index (κ3) is 6.27. The molecule has 0 N–H and O–H groups in total. The van der Waals surface area contributed by atoms with Gasteiger partial charge in [-0.25, -0.2) is 15.0 Å². The Bertz CT molecular complexity index is 2890. The van der Waals surface area contributed by atoms with Crippen LogP contribution in [0, 0.1) is 0 Å². The van der Waals surface area contributed by atoms with Crippen LogP contribution < -0.4 is 4.90 Å². The molecule has 0 aliphatic carbocycles. The Morgan fingerprint density at radius 1 is 0.321 bits per heavy atom. The predicted molar refractivity (Wildman–Crippen MR) is 229 cm³/mol. The number of hydrogen-bond acceptors (Lipinski definition) is 5. The summed E-state index contributed by atoms with van der Waals surface area (Å²) in [5.74, 6) is 1.78. The van der Waals surface area contributed by atoms with Crippen LogP contribution in [0.5, 0.6) is 0 Å². The quantitative estimate of drug-likeness (QED) is 0.157. The number of fused-ring (bicyclic) bond motifs is 3. The van der Waals surface area contributed by atoms with Crippen molar-refractivity contribution in [3.63, 3.8) is 0 Å². The van der Waals surface area contributed by atoms with Crippen LogP contribution in [-0.2, 0) is 0 Å². The monoisotopic (exact) mass is 718 g/mol. The van der Waals surface area contributed by atoms with Crippen molar-refractivity contribution >= 4 is 39.0 Å². The molecule has 2 heterocycles. The predicted octanol–water partition coefficient (Wildman–Crippen LogP) is 13.6. The molecule has 0 saturated carbocycles. The summed E-state index contributed by atoms with van der Waals surface area (Å²) in [5.41, 5.74) is 11.9. The lowest BCUT2D eigenvalue weighted by Gasteiger charge is -2.26. The Kier molecular flexibility index (Phi) is 8.43. The third-order valence-electron chi connectivity index (χ3n) is 10.1. The van der Waals surface area contributed by atoms with Crippen molar-refractivity contribution < 1.29 is 4.42 Å². The molecule has 8 aromatic carbocycles. The van der Waals surface area contributed by atoms with E-state index in [0.29, 0.717) is 17.5 Å². The minimum Gasteiger partial charge on any atom is -0.456 e. The number of benzene rings is 8. The van der Waals surface area contributed by atoms with Crippen molar-refractivity contribution in [3.8, 4) is 56.4 Å². The molecular formula is C51H34N4O.